The highest BCUT2D eigenvalue weighted by atomic mass is 16.1. The summed E-state index contributed by atoms with van der Waals surface area (Å²) < 4.78 is 0. The normalized spacial score (nSPS) is 15.1. The van der Waals surface area contributed by atoms with E-state index in [9.17, 15) is 4.79 Å². The molecular weight excluding hydrogens is 222 g/mol. The van der Waals surface area contributed by atoms with Crippen LogP contribution in [0.25, 0.3) is 10.9 Å². The van der Waals surface area contributed by atoms with Crippen LogP contribution in [-0.4, -0.2) is 4.98 Å². The zero-order chi connectivity index (χ0) is 12.7. The third kappa shape index (κ3) is 1.67. The number of pyridine rings is 1. The fourth-order valence-electron chi connectivity index (χ4n) is 2.99. The maximum absolute atomic E-state index is 12.5. The summed E-state index contributed by atoms with van der Waals surface area (Å²) in [4.78, 5) is 16.1. The minimum Gasteiger partial charge on any atom is -0.358 e. The molecule has 0 bridgehead atoms. The Kier molecular flexibility index (Phi) is 2.73. The summed E-state index contributed by atoms with van der Waals surface area (Å²) in [6.07, 6.45) is 4.29. The van der Waals surface area contributed by atoms with Crippen LogP contribution in [0, 0.1) is 0 Å². The van der Waals surface area contributed by atoms with Crippen molar-refractivity contribution in [3.05, 3.63) is 45.2 Å². The van der Waals surface area contributed by atoms with Gasteiger partial charge in [0.15, 0.2) is 5.43 Å². The molecule has 94 valence electrons. The van der Waals surface area contributed by atoms with Crippen molar-refractivity contribution in [3.63, 3.8) is 0 Å². The van der Waals surface area contributed by atoms with Crippen molar-refractivity contribution in [2.45, 2.75) is 45.4 Å². The number of aromatic nitrogens is 1. The second-order valence-electron chi connectivity index (χ2n) is 5.54. The second kappa shape index (κ2) is 4.27. The molecule has 1 aliphatic rings. The zero-order valence-electron chi connectivity index (χ0n) is 11.0. The van der Waals surface area contributed by atoms with Gasteiger partial charge in [-0.1, -0.05) is 26.0 Å². The van der Waals surface area contributed by atoms with Crippen molar-refractivity contribution < 1.29 is 0 Å². The third-order valence-electron chi connectivity index (χ3n) is 3.98. The molecule has 1 heterocycles. The number of aromatic amines is 1. The molecular formula is C16H19NO. The van der Waals surface area contributed by atoms with Crippen molar-refractivity contribution in [2.24, 2.45) is 0 Å². The zero-order valence-corrected chi connectivity index (χ0v) is 11.0. The summed E-state index contributed by atoms with van der Waals surface area (Å²) in [7, 11) is 0. The summed E-state index contributed by atoms with van der Waals surface area (Å²) in [6.45, 7) is 4.35. The first-order chi connectivity index (χ1) is 8.68. The number of benzene rings is 1. The van der Waals surface area contributed by atoms with Crippen LogP contribution in [0.3, 0.4) is 0 Å². The third-order valence-corrected chi connectivity index (χ3v) is 3.98. The molecule has 2 aromatic rings. The van der Waals surface area contributed by atoms with E-state index in [2.05, 4.69) is 24.9 Å². The largest absolute Gasteiger partial charge is 0.358 e. The Morgan fingerprint density at radius 3 is 2.72 bits per heavy atom. The van der Waals surface area contributed by atoms with Crippen LogP contribution in [0.1, 0.15) is 49.4 Å². The minimum atomic E-state index is 0.251. The Morgan fingerprint density at radius 1 is 1.17 bits per heavy atom. The first-order valence-corrected chi connectivity index (χ1v) is 6.85. The van der Waals surface area contributed by atoms with Crippen LogP contribution in [-0.2, 0) is 12.8 Å². The average molecular weight is 241 g/mol. The van der Waals surface area contributed by atoms with Crippen molar-refractivity contribution in [2.75, 3.05) is 0 Å². The number of para-hydroxylation sites is 1. The van der Waals surface area contributed by atoms with Crippen LogP contribution in [0.5, 0.6) is 0 Å². The summed E-state index contributed by atoms with van der Waals surface area (Å²) in [6, 6.07) is 6.08. The monoisotopic (exact) mass is 241 g/mol. The summed E-state index contributed by atoms with van der Waals surface area (Å²) in [5.41, 5.74) is 4.75. The molecule has 1 aromatic heterocycles. The van der Waals surface area contributed by atoms with E-state index in [0.29, 0.717) is 5.92 Å². The Bertz CT molecular complexity index is 652. The fraction of sp³-hybridized carbons (Fsp3) is 0.438. The molecule has 0 spiro atoms. The van der Waals surface area contributed by atoms with Crippen molar-refractivity contribution in [1.82, 2.24) is 4.98 Å². The predicted octanol–water partition coefficient (Wildman–Crippen LogP) is 3.53. The SMILES string of the molecule is CC(C)c1cccc2c(=O)c3c([nH]c12)CCCC3. The van der Waals surface area contributed by atoms with Gasteiger partial charge in [-0.05, 0) is 43.2 Å². The van der Waals surface area contributed by atoms with Gasteiger partial charge in [-0.15, -0.1) is 0 Å². The Balaban J connectivity index is 2.38. The van der Waals surface area contributed by atoms with Crippen LogP contribution >= 0.6 is 0 Å². The molecule has 0 fully saturated rings. The summed E-state index contributed by atoms with van der Waals surface area (Å²) in [5.74, 6) is 0.436. The van der Waals surface area contributed by atoms with Gasteiger partial charge in [-0.3, -0.25) is 4.79 Å². The van der Waals surface area contributed by atoms with Gasteiger partial charge in [0.1, 0.15) is 0 Å². The number of nitrogens with one attached hydrogen (secondary N) is 1. The van der Waals surface area contributed by atoms with E-state index in [4.69, 9.17) is 0 Å². The Labute approximate surface area is 107 Å². The average Bonchev–Trinajstić information content (AvgIpc) is 2.38. The van der Waals surface area contributed by atoms with Crippen LogP contribution in [0.15, 0.2) is 23.0 Å². The highest BCUT2D eigenvalue weighted by molar-refractivity contribution is 5.83. The van der Waals surface area contributed by atoms with Gasteiger partial charge in [0.25, 0.3) is 0 Å². The van der Waals surface area contributed by atoms with E-state index >= 15 is 0 Å². The van der Waals surface area contributed by atoms with E-state index in [1.54, 1.807) is 0 Å². The number of fused-ring (bicyclic) bond motifs is 2. The molecule has 1 N–H and O–H groups in total. The molecule has 2 nitrogen and oxygen atoms in total. The molecule has 0 amide bonds. The second-order valence-corrected chi connectivity index (χ2v) is 5.54. The smallest absolute Gasteiger partial charge is 0.192 e. The molecule has 0 saturated heterocycles. The van der Waals surface area contributed by atoms with E-state index in [1.807, 2.05) is 12.1 Å². The van der Waals surface area contributed by atoms with Gasteiger partial charge in [0.2, 0.25) is 0 Å². The van der Waals surface area contributed by atoms with Gasteiger partial charge >= 0.3 is 0 Å². The van der Waals surface area contributed by atoms with Crippen LogP contribution in [0.4, 0.5) is 0 Å². The van der Waals surface area contributed by atoms with E-state index in [-0.39, 0.29) is 5.43 Å². The van der Waals surface area contributed by atoms with Crippen molar-refractivity contribution >= 4 is 10.9 Å². The lowest BCUT2D eigenvalue weighted by atomic mass is 9.92. The Morgan fingerprint density at radius 2 is 1.94 bits per heavy atom. The number of rotatable bonds is 1. The summed E-state index contributed by atoms with van der Waals surface area (Å²) >= 11 is 0. The number of aryl methyl sites for hydroxylation is 1. The van der Waals surface area contributed by atoms with Crippen molar-refractivity contribution in [1.29, 1.82) is 0 Å². The summed E-state index contributed by atoms with van der Waals surface area (Å²) in [5, 5.41) is 0.863. The van der Waals surface area contributed by atoms with E-state index in [0.717, 1.165) is 35.7 Å². The molecule has 0 aliphatic heterocycles. The molecule has 3 rings (SSSR count). The van der Waals surface area contributed by atoms with Gasteiger partial charge in [-0.2, -0.15) is 0 Å². The molecule has 1 aliphatic carbocycles. The number of hydrogen-bond donors (Lipinski definition) is 1. The van der Waals surface area contributed by atoms with E-state index < -0.39 is 0 Å². The highest BCUT2D eigenvalue weighted by Crippen LogP contribution is 2.25. The fourth-order valence-corrected chi connectivity index (χ4v) is 2.99. The van der Waals surface area contributed by atoms with Crippen LogP contribution in [0.2, 0.25) is 0 Å². The van der Waals surface area contributed by atoms with Gasteiger partial charge in [-0.25, -0.2) is 0 Å². The highest BCUT2D eigenvalue weighted by Gasteiger charge is 2.17. The molecule has 0 atom stereocenters. The molecule has 1 aromatic carbocycles. The molecule has 0 saturated carbocycles. The predicted molar refractivity (Wildman–Crippen MR) is 75.3 cm³/mol. The number of hydrogen-bond acceptors (Lipinski definition) is 1. The van der Waals surface area contributed by atoms with Gasteiger partial charge in [0.05, 0.1) is 5.52 Å². The minimum absolute atomic E-state index is 0.251. The Hall–Kier alpha value is -1.57. The standard InChI is InChI=1S/C16H19NO/c1-10(2)11-7-5-8-13-15(11)17-14-9-4-3-6-12(14)16(13)18/h5,7-8,10H,3-4,6,9H2,1-2H3,(H,17,18). The molecule has 2 heteroatoms. The quantitative estimate of drug-likeness (QED) is 0.814. The maximum atomic E-state index is 12.5. The van der Waals surface area contributed by atoms with Gasteiger partial charge < -0.3 is 4.98 Å². The lowest BCUT2D eigenvalue weighted by molar-refractivity contribution is 0.667. The molecule has 0 unspecified atom stereocenters. The maximum Gasteiger partial charge on any atom is 0.192 e. The first-order valence-electron chi connectivity index (χ1n) is 6.85. The first kappa shape index (κ1) is 11.5. The topological polar surface area (TPSA) is 32.9 Å². The lowest BCUT2D eigenvalue weighted by Gasteiger charge is -2.18. The van der Waals surface area contributed by atoms with Crippen LogP contribution < -0.4 is 5.43 Å². The van der Waals surface area contributed by atoms with Crippen molar-refractivity contribution in [3.8, 4) is 0 Å². The molecule has 0 radical (unpaired) electrons. The lowest BCUT2D eigenvalue weighted by Crippen LogP contribution is -2.19. The van der Waals surface area contributed by atoms with Gasteiger partial charge in [0, 0.05) is 16.6 Å². The molecule has 18 heavy (non-hydrogen) atoms. The number of H-pyrrole nitrogens is 1. The van der Waals surface area contributed by atoms with E-state index in [1.165, 1.54) is 17.7 Å².